The zero-order valence-electron chi connectivity index (χ0n) is 11.7. The minimum Gasteiger partial charge on any atom is -0.336 e. The van der Waals surface area contributed by atoms with Crippen molar-refractivity contribution in [2.75, 3.05) is 19.6 Å². The van der Waals surface area contributed by atoms with Crippen LogP contribution in [0.25, 0.3) is 10.6 Å². The summed E-state index contributed by atoms with van der Waals surface area (Å²) in [6.07, 6.45) is 1.82. The van der Waals surface area contributed by atoms with E-state index in [4.69, 9.17) is 0 Å². The number of amides is 1. The molecule has 0 saturated carbocycles. The fourth-order valence-corrected chi connectivity index (χ4v) is 3.25. The molecule has 0 unspecified atom stereocenters. The van der Waals surface area contributed by atoms with Crippen LogP contribution in [0.15, 0.2) is 23.7 Å². The number of hydrogen-bond acceptors (Lipinski definition) is 4. The predicted molar refractivity (Wildman–Crippen MR) is 79.9 cm³/mol. The fourth-order valence-electron chi connectivity index (χ4n) is 2.53. The van der Waals surface area contributed by atoms with Crippen molar-refractivity contribution in [1.29, 1.82) is 0 Å². The Labute approximate surface area is 122 Å². The zero-order valence-corrected chi connectivity index (χ0v) is 12.5. The molecule has 1 fully saturated rings. The lowest BCUT2D eigenvalue weighted by Gasteiger charge is -2.31. The van der Waals surface area contributed by atoms with Gasteiger partial charge in [0.2, 0.25) is 0 Å². The highest BCUT2D eigenvalue weighted by Gasteiger charge is 2.26. The molecule has 106 valence electrons. The number of piperazine rings is 1. The molecule has 2 aromatic rings. The zero-order chi connectivity index (χ0) is 14.1. The summed E-state index contributed by atoms with van der Waals surface area (Å²) < 4.78 is 1.72. The third kappa shape index (κ3) is 2.48. The fraction of sp³-hybridized carbons (Fsp3) is 0.429. The number of carbonyl (C=O) groups is 1. The Morgan fingerprint density at radius 1 is 1.55 bits per heavy atom. The SMILES string of the molecule is C[C@@H]1CN(C(=O)c2cn(C)nc2-c2cccs2)CCN1. The normalized spacial score (nSPS) is 19.3. The highest BCUT2D eigenvalue weighted by molar-refractivity contribution is 7.13. The largest absolute Gasteiger partial charge is 0.336 e. The lowest BCUT2D eigenvalue weighted by molar-refractivity contribution is 0.0710. The van der Waals surface area contributed by atoms with Gasteiger partial charge in [-0.2, -0.15) is 5.10 Å². The maximum atomic E-state index is 12.7. The van der Waals surface area contributed by atoms with Gasteiger partial charge < -0.3 is 10.2 Å². The predicted octanol–water partition coefficient (Wildman–Crippen LogP) is 1.58. The van der Waals surface area contributed by atoms with Crippen LogP contribution >= 0.6 is 11.3 Å². The number of nitrogens with one attached hydrogen (secondary N) is 1. The lowest BCUT2D eigenvalue weighted by atomic mass is 10.1. The molecular formula is C14H18N4OS. The van der Waals surface area contributed by atoms with Gasteiger partial charge in [0.1, 0.15) is 5.69 Å². The molecule has 0 aliphatic carbocycles. The van der Waals surface area contributed by atoms with Crippen LogP contribution in [0, 0.1) is 0 Å². The second-order valence-corrected chi connectivity index (χ2v) is 6.10. The first kappa shape index (κ1) is 13.3. The quantitative estimate of drug-likeness (QED) is 0.913. The smallest absolute Gasteiger partial charge is 0.257 e. The van der Waals surface area contributed by atoms with Gasteiger partial charge in [0.05, 0.1) is 10.4 Å². The Balaban J connectivity index is 1.92. The highest BCUT2D eigenvalue weighted by Crippen LogP contribution is 2.27. The molecule has 6 heteroatoms. The van der Waals surface area contributed by atoms with E-state index in [1.165, 1.54) is 0 Å². The standard InChI is InChI=1S/C14H18N4OS/c1-10-8-18(6-5-15-10)14(19)11-9-17(2)16-13(11)12-4-3-7-20-12/h3-4,7,9-10,15H,5-6,8H2,1-2H3/t10-/m1/s1. The van der Waals surface area contributed by atoms with Crippen molar-refractivity contribution in [2.24, 2.45) is 7.05 Å². The second-order valence-electron chi connectivity index (χ2n) is 5.15. The van der Waals surface area contributed by atoms with Crippen LogP contribution in [0.1, 0.15) is 17.3 Å². The topological polar surface area (TPSA) is 50.2 Å². The number of thiophene rings is 1. The summed E-state index contributed by atoms with van der Waals surface area (Å²) in [4.78, 5) is 15.7. The van der Waals surface area contributed by atoms with E-state index in [0.29, 0.717) is 11.6 Å². The van der Waals surface area contributed by atoms with E-state index in [1.54, 1.807) is 16.0 Å². The average molecular weight is 290 g/mol. The van der Waals surface area contributed by atoms with Gasteiger partial charge in [-0.15, -0.1) is 11.3 Å². The molecule has 0 aromatic carbocycles. The van der Waals surface area contributed by atoms with Gasteiger partial charge in [0, 0.05) is 38.9 Å². The Hall–Kier alpha value is -1.66. The molecule has 0 bridgehead atoms. The molecule has 0 radical (unpaired) electrons. The van der Waals surface area contributed by atoms with Gasteiger partial charge in [-0.05, 0) is 18.4 Å². The summed E-state index contributed by atoms with van der Waals surface area (Å²) in [6.45, 7) is 4.45. The van der Waals surface area contributed by atoms with Crippen molar-refractivity contribution in [3.8, 4) is 10.6 Å². The molecule has 3 heterocycles. The highest BCUT2D eigenvalue weighted by atomic mass is 32.1. The first-order valence-electron chi connectivity index (χ1n) is 6.75. The summed E-state index contributed by atoms with van der Waals surface area (Å²) in [5, 5.41) is 9.81. The van der Waals surface area contributed by atoms with Crippen molar-refractivity contribution in [1.82, 2.24) is 20.0 Å². The molecular weight excluding hydrogens is 272 g/mol. The molecule has 5 nitrogen and oxygen atoms in total. The number of aryl methyl sites for hydroxylation is 1. The summed E-state index contributed by atoms with van der Waals surface area (Å²) >= 11 is 1.61. The molecule has 1 atom stereocenters. The van der Waals surface area contributed by atoms with Crippen molar-refractivity contribution in [3.05, 3.63) is 29.3 Å². The number of rotatable bonds is 2. The Morgan fingerprint density at radius 3 is 3.10 bits per heavy atom. The summed E-state index contributed by atoms with van der Waals surface area (Å²) in [5.74, 6) is 0.0786. The Bertz CT molecular complexity index is 605. The van der Waals surface area contributed by atoms with Gasteiger partial charge in [-0.1, -0.05) is 6.07 Å². The van der Waals surface area contributed by atoms with E-state index in [-0.39, 0.29) is 5.91 Å². The van der Waals surface area contributed by atoms with Crippen LogP contribution in [-0.4, -0.2) is 46.3 Å². The molecule has 1 amide bonds. The van der Waals surface area contributed by atoms with Gasteiger partial charge in [-0.3, -0.25) is 9.48 Å². The Morgan fingerprint density at radius 2 is 2.40 bits per heavy atom. The molecule has 1 N–H and O–H groups in total. The van der Waals surface area contributed by atoms with Crippen LogP contribution < -0.4 is 5.32 Å². The monoisotopic (exact) mass is 290 g/mol. The number of aromatic nitrogens is 2. The van der Waals surface area contributed by atoms with Gasteiger partial charge in [-0.25, -0.2) is 0 Å². The molecule has 1 aliphatic heterocycles. The summed E-state index contributed by atoms with van der Waals surface area (Å²) in [7, 11) is 1.86. The van der Waals surface area contributed by atoms with E-state index in [2.05, 4.69) is 17.3 Å². The molecule has 0 spiro atoms. The van der Waals surface area contributed by atoms with Crippen molar-refractivity contribution in [2.45, 2.75) is 13.0 Å². The third-order valence-corrected chi connectivity index (χ3v) is 4.35. The maximum absolute atomic E-state index is 12.7. The maximum Gasteiger partial charge on any atom is 0.257 e. The van der Waals surface area contributed by atoms with E-state index in [1.807, 2.05) is 35.7 Å². The molecule has 1 saturated heterocycles. The summed E-state index contributed by atoms with van der Waals surface area (Å²) in [6, 6.07) is 4.33. The lowest BCUT2D eigenvalue weighted by Crippen LogP contribution is -2.51. The van der Waals surface area contributed by atoms with Crippen LogP contribution in [0.2, 0.25) is 0 Å². The third-order valence-electron chi connectivity index (χ3n) is 3.47. The van der Waals surface area contributed by atoms with Crippen LogP contribution in [0.5, 0.6) is 0 Å². The number of hydrogen-bond donors (Lipinski definition) is 1. The minimum absolute atomic E-state index is 0.0786. The number of carbonyl (C=O) groups excluding carboxylic acids is 1. The molecule has 3 rings (SSSR count). The van der Waals surface area contributed by atoms with E-state index >= 15 is 0 Å². The average Bonchev–Trinajstić information content (AvgIpc) is 3.06. The van der Waals surface area contributed by atoms with E-state index in [9.17, 15) is 4.79 Å². The van der Waals surface area contributed by atoms with Crippen LogP contribution in [0.4, 0.5) is 0 Å². The number of nitrogens with zero attached hydrogens (tertiary/aromatic N) is 3. The second kappa shape index (κ2) is 5.38. The van der Waals surface area contributed by atoms with Crippen molar-refractivity contribution in [3.63, 3.8) is 0 Å². The van der Waals surface area contributed by atoms with E-state index < -0.39 is 0 Å². The van der Waals surface area contributed by atoms with Gasteiger partial charge in [0.15, 0.2) is 0 Å². The minimum atomic E-state index is 0.0786. The molecule has 2 aromatic heterocycles. The van der Waals surface area contributed by atoms with E-state index in [0.717, 1.165) is 30.2 Å². The molecule has 1 aliphatic rings. The van der Waals surface area contributed by atoms with Crippen molar-refractivity contribution >= 4 is 17.2 Å². The summed E-state index contributed by atoms with van der Waals surface area (Å²) in [5.41, 5.74) is 1.49. The first-order chi connectivity index (χ1) is 9.65. The Kier molecular flexibility index (Phi) is 3.58. The van der Waals surface area contributed by atoms with Crippen molar-refractivity contribution < 1.29 is 4.79 Å². The molecule has 20 heavy (non-hydrogen) atoms. The first-order valence-corrected chi connectivity index (χ1v) is 7.63. The van der Waals surface area contributed by atoms with Gasteiger partial charge in [0.25, 0.3) is 5.91 Å². The van der Waals surface area contributed by atoms with Crippen LogP contribution in [-0.2, 0) is 7.05 Å². The van der Waals surface area contributed by atoms with Crippen LogP contribution in [0.3, 0.4) is 0 Å². The van der Waals surface area contributed by atoms with Gasteiger partial charge >= 0.3 is 0 Å².